The van der Waals surface area contributed by atoms with E-state index in [4.69, 9.17) is 4.74 Å². The molecule has 2 aliphatic rings. The van der Waals surface area contributed by atoms with E-state index in [1.54, 1.807) is 0 Å². The van der Waals surface area contributed by atoms with E-state index in [-0.39, 0.29) is 0 Å². The Bertz CT molecular complexity index is 198. The Labute approximate surface area is 93.0 Å². The van der Waals surface area contributed by atoms with E-state index >= 15 is 0 Å². The average molecular weight is 212 g/mol. The average Bonchev–Trinajstić information content (AvgIpc) is 2.64. The highest BCUT2D eigenvalue weighted by atomic mass is 16.5. The van der Waals surface area contributed by atoms with Crippen molar-refractivity contribution >= 4 is 0 Å². The number of rotatable bonds is 5. The molecule has 0 amide bonds. The molecule has 2 unspecified atom stereocenters. The lowest BCUT2D eigenvalue weighted by Crippen LogP contribution is -2.49. The molecular weight excluding hydrogens is 188 g/mol. The van der Waals surface area contributed by atoms with Crippen molar-refractivity contribution in [1.29, 1.82) is 0 Å². The van der Waals surface area contributed by atoms with Crippen LogP contribution < -0.4 is 10.6 Å². The third kappa shape index (κ3) is 3.16. The summed E-state index contributed by atoms with van der Waals surface area (Å²) < 4.78 is 5.25. The second kappa shape index (κ2) is 4.81. The Hall–Kier alpha value is -0.120. The van der Waals surface area contributed by atoms with Gasteiger partial charge in [-0.15, -0.1) is 0 Å². The zero-order valence-electron chi connectivity index (χ0n) is 10.0. The molecule has 0 aromatic carbocycles. The van der Waals surface area contributed by atoms with E-state index in [0.29, 0.717) is 11.5 Å². The summed E-state index contributed by atoms with van der Waals surface area (Å²) in [5, 5.41) is 7.18. The number of hydrogen-bond acceptors (Lipinski definition) is 3. The zero-order valence-corrected chi connectivity index (χ0v) is 10.0. The van der Waals surface area contributed by atoms with Crippen molar-refractivity contribution in [2.75, 3.05) is 26.3 Å². The highest BCUT2D eigenvalue weighted by molar-refractivity contribution is 4.85. The molecule has 2 rings (SSSR count). The Morgan fingerprint density at radius 1 is 1.53 bits per heavy atom. The van der Waals surface area contributed by atoms with Crippen molar-refractivity contribution < 1.29 is 4.74 Å². The van der Waals surface area contributed by atoms with Gasteiger partial charge in [-0.3, -0.25) is 0 Å². The molecule has 2 atom stereocenters. The maximum atomic E-state index is 5.25. The van der Waals surface area contributed by atoms with Crippen LogP contribution in [0.15, 0.2) is 0 Å². The summed E-state index contributed by atoms with van der Waals surface area (Å²) in [5.41, 5.74) is 0.400. The first-order valence-corrected chi connectivity index (χ1v) is 6.22. The normalized spacial score (nSPS) is 31.2. The summed E-state index contributed by atoms with van der Waals surface area (Å²) in [5.74, 6) is 0. The Morgan fingerprint density at radius 3 is 2.87 bits per heavy atom. The van der Waals surface area contributed by atoms with Crippen LogP contribution in [-0.4, -0.2) is 38.4 Å². The maximum Gasteiger partial charge on any atom is 0.0554 e. The predicted molar refractivity (Wildman–Crippen MR) is 62.0 cm³/mol. The van der Waals surface area contributed by atoms with Crippen molar-refractivity contribution in [2.24, 2.45) is 5.41 Å². The minimum absolute atomic E-state index is 0.400. The van der Waals surface area contributed by atoms with Gasteiger partial charge in [-0.1, -0.05) is 6.92 Å². The molecule has 2 fully saturated rings. The van der Waals surface area contributed by atoms with Gasteiger partial charge in [0.25, 0.3) is 0 Å². The summed E-state index contributed by atoms with van der Waals surface area (Å²) in [6.07, 6.45) is 3.96. The Balaban J connectivity index is 1.61. The summed E-state index contributed by atoms with van der Waals surface area (Å²) in [4.78, 5) is 0. The van der Waals surface area contributed by atoms with Crippen LogP contribution in [0.1, 0.15) is 33.1 Å². The van der Waals surface area contributed by atoms with E-state index in [1.807, 2.05) is 0 Å². The third-order valence-corrected chi connectivity index (χ3v) is 3.58. The van der Waals surface area contributed by atoms with Gasteiger partial charge in [0.2, 0.25) is 0 Å². The fraction of sp³-hybridized carbons (Fsp3) is 1.00. The second-order valence-electron chi connectivity index (χ2n) is 5.61. The standard InChI is InChI=1S/C12H24N2O/c1-10(6-11-4-3-5-13-11)14-7-12(2)8-15-9-12/h10-11,13-14H,3-9H2,1-2H3. The largest absolute Gasteiger partial charge is 0.380 e. The van der Waals surface area contributed by atoms with Crippen LogP contribution in [-0.2, 0) is 4.74 Å². The van der Waals surface area contributed by atoms with Crippen molar-refractivity contribution in [3.05, 3.63) is 0 Å². The van der Waals surface area contributed by atoms with Gasteiger partial charge in [-0.05, 0) is 32.7 Å². The summed E-state index contributed by atoms with van der Waals surface area (Å²) in [6, 6.07) is 1.37. The molecule has 88 valence electrons. The SMILES string of the molecule is CC(CC1CCCN1)NCC1(C)COC1. The first-order chi connectivity index (χ1) is 7.18. The first kappa shape index (κ1) is 11.4. The third-order valence-electron chi connectivity index (χ3n) is 3.58. The van der Waals surface area contributed by atoms with E-state index in [0.717, 1.165) is 25.8 Å². The highest BCUT2D eigenvalue weighted by Gasteiger charge is 2.33. The second-order valence-corrected chi connectivity index (χ2v) is 5.61. The molecule has 2 heterocycles. The van der Waals surface area contributed by atoms with Crippen molar-refractivity contribution in [2.45, 2.75) is 45.2 Å². The molecule has 0 aromatic heterocycles. The lowest BCUT2D eigenvalue weighted by molar-refractivity contribution is -0.0999. The first-order valence-electron chi connectivity index (χ1n) is 6.22. The zero-order chi connectivity index (χ0) is 10.7. The smallest absolute Gasteiger partial charge is 0.0554 e. The van der Waals surface area contributed by atoms with Crippen LogP contribution in [0.2, 0.25) is 0 Å². The van der Waals surface area contributed by atoms with Gasteiger partial charge in [0.1, 0.15) is 0 Å². The van der Waals surface area contributed by atoms with E-state index in [9.17, 15) is 0 Å². The summed E-state index contributed by atoms with van der Waals surface area (Å²) in [7, 11) is 0. The fourth-order valence-corrected chi connectivity index (χ4v) is 2.44. The van der Waals surface area contributed by atoms with Gasteiger partial charge in [0.15, 0.2) is 0 Å². The molecule has 0 radical (unpaired) electrons. The van der Waals surface area contributed by atoms with Crippen molar-refractivity contribution in [3.63, 3.8) is 0 Å². The summed E-state index contributed by atoms with van der Waals surface area (Å²) >= 11 is 0. The lowest BCUT2D eigenvalue weighted by atomic mass is 9.88. The fourth-order valence-electron chi connectivity index (χ4n) is 2.44. The number of hydrogen-bond donors (Lipinski definition) is 2. The molecule has 2 aliphatic heterocycles. The van der Waals surface area contributed by atoms with Gasteiger partial charge < -0.3 is 15.4 Å². The van der Waals surface area contributed by atoms with E-state index < -0.39 is 0 Å². The van der Waals surface area contributed by atoms with Crippen LogP contribution in [0.25, 0.3) is 0 Å². The topological polar surface area (TPSA) is 33.3 Å². The molecule has 3 nitrogen and oxygen atoms in total. The van der Waals surface area contributed by atoms with Crippen LogP contribution in [0.3, 0.4) is 0 Å². The molecule has 2 saturated heterocycles. The number of nitrogens with one attached hydrogen (secondary N) is 2. The Kier molecular flexibility index (Phi) is 3.65. The number of ether oxygens (including phenoxy) is 1. The van der Waals surface area contributed by atoms with Crippen LogP contribution >= 0.6 is 0 Å². The molecule has 15 heavy (non-hydrogen) atoms. The van der Waals surface area contributed by atoms with Gasteiger partial charge in [0, 0.05) is 24.0 Å². The molecule has 2 N–H and O–H groups in total. The maximum absolute atomic E-state index is 5.25. The van der Waals surface area contributed by atoms with Crippen LogP contribution in [0.4, 0.5) is 0 Å². The molecule has 0 aliphatic carbocycles. The van der Waals surface area contributed by atoms with Gasteiger partial charge in [-0.25, -0.2) is 0 Å². The summed E-state index contributed by atoms with van der Waals surface area (Å²) in [6.45, 7) is 8.75. The lowest BCUT2D eigenvalue weighted by Gasteiger charge is -2.39. The van der Waals surface area contributed by atoms with E-state index in [2.05, 4.69) is 24.5 Å². The molecule has 0 aromatic rings. The van der Waals surface area contributed by atoms with Gasteiger partial charge >= 0.3 is 0 Å². The predicted octanol–water partition coefficient (Wildman–Crippen LogP) is 1.14. The molecule has 3 heteroatoms. The minimum atomic E-state index is 0.400. The molecule has 0 spiro atoms. The molecule has 0 bridgehead atoms. The molecular formula is C12H24N2O. The van der Waals surface area contributed by atoms with Gasteiger partial charge in [-0.2, -0.15) is 0 Å². The monoisotopic (exact) mass is 212 g/mol. The quantitative estimate of drug-likeness (QED) is 0.717. The van der Waals surface area contributed by atoms with Crippen molar-refractivity contribution in [3.8, 4) is 0 Å². The molecule has 0 saturated carbocycles. The Morgan fingerprint density at radius 2 is 2.33 bits per heavy atom. The van der Waals surface area contributed by atoms with Crippen molar-refractivity contribution in [1.82, 2.24) is 10.6 Å². The minimum Gasteiger partial charge on any atom is -0.380 e. The van der Waals surface area contributed by atoms with Crippen LogP contribution in [0, 0.1) is 5.41 Å². The van der Waals surface area contributed by atoms with Crippen LogP contribution in [0.5, 0.6) is 0 Å². The highest BCUT2D eigenvalue weighted by Crippen LogP contribution is 2.25. The van der Waals surface area contributed by atoms with Gasteiger partial charge in [0.05, 0.1) is 13.2 Å². The van der Waals surface area contributed by atoms with E-state index in [1.165, 1.54) is 25.8 Å².